The van der Waals surface area contributed by atoms with Crippen molar-refractivity contribution < 1.29 is 32.2 Å². The van der Waals surface area contributed by atoms with Gasteiger partial charge < -0.3 is 19.3 Å². The van der Waals surface area contributed by atoms with Crippen LogP contribution in [0.25, 0.3) is 0 Å². The van der Waals surface area contributed by atoms with Crippen LogP contribution in [0.4, 0.5) is 18.9 Å². The van der Waals surface area contributed by atoms with Crippen molar-refractivity contribution in [3.63, 3.8) is 0 Å². The van der Waals surface area contributed by atoms with Crippen LogP contribution in [-0.2, 0) is 15.8 Å². The van der Waals surface area contributed by atoms with Crippen LogP contribution in [0.15, 0.2) is 42.6 Å². The summed E-state index contributed by atoms with van der Waals surface area (Å²) in [5.41, 5.74) is -0.267. The van der Waals surface area contributed by atoms with Gasteiger partial charge in [0.25, 0.3) is 0 Å². The SMILES string of the molecule is COc1ccc(N2CC(C(=O)N3CC(Oc4ncccc4C(F)(F)F)C3)CC2=O)cc1. The standard InChI is InChI=1S/C21H20F3N3O4/c1-30-15-6-4-14(5-7-15)27-10-13(9-18(27)28)20(29)26-11-16(12-26)31-19-17(21(22,23)24)3-2-8-25-19/h2-8,13,16H,9-12H2,1H3. The minimum atomic E-state index is -4.57. The molecule has 0 spiro atoms. The lowest BCUT2D eigenvalue weighted by Crippen LogP contribution is -2.58. The highest BCUT2D eigenvalue weighted by Crippen LogP contribution is 2.36. The second-order valence-electron chi connectivity index (χ2n) is 7.44. The smallest absolute Gasteiger partial charge is 0.421 e. The molecular formula is C21H20F3N3O4. The van der Waals surface area contributed by atoms with E-state index in [1.54, 1.807) is 36.3 Å². The minimum Gasteiger partial charge on any atom is -0.497 e. The number of aromatic nitrogens is 1. The number of halogens is 3. The molecule has 0 N–H and O–H groups in total. The van der Waals surface area contributed by atoms with Crippen LogP contribution < -0.4 is 14.4 Å². The number of amides is 2. The summed E-state index contributed by atoms with van der Waals surface area (Å²) in [6.07, 6.45) is -3.83. The average Bonchev–Trinajstić information content (AvgIpc) is 3.11. The highest BCUT2D eigenvalue weighted by atomic mass is 19.4. The molecule has 1 atom stereocenters. The number of carbonyl (C=O) groups excluding carboxylic acids is 2. The number of alkyl halides is 3. The third-order valence-corrected chi connectivity index (χ3v) is 5.37. The summed E-state index contributed by atoms with van der Waals surface area (Å²) in [5.74, 6) is -0.692. The third-order valence-electron chi connectivity index (χ3n) is 5.37. The van der Waals surface area contributed by atoms with Gasteiger partial charge in [-0.05, 0) is 36.4 Å². The van der Waals surface area contributed by atoms with Gasteiger partial charge in [0, 0.05) is 24.8 Å². The van der Waals surface area contributed by atoms with Gasteiger partial charge in [0.1, 0.15) is 17.4 Å². The molecule has 0 radical (unpaired) electrons. The number of ether oxygens (including phenoxy) is 2. The maximum absolute atomic E-state index is 13.1. The minimum absolute atomic E-state index is 0.0886. The van der Waals surface area contributed by atoms with Crippen molar-refractivity contribution in [2.75, 3.05) is 31.6 Å². The number of hydrogen-bond acceptors (Lipinski definition) is 5. The summed E-state index contributed by atoms with van der Waals surface area (Å²) in [6, 6.07) is 9.08. The fourth-order valence-corrected chi connectivity index (χ4v) is 3.69. The van der Waals surface area contributed by atoms with E-state index in [9.17, 15) is 22.8 Å². The molecule has 1 aromatic carbocycles. The summed E-state index contributed by atoms with van der Waals surface area (Å²) in [5, 5.41) is 0. The third kappa shape index (κ3) is 4.28. The van der Waals surface area contributed by atoms with Crippen LogP contribution in [0.3, 0.4) is 0 Å². The molecule has 2 amide bonds. The van der Waals surface area contributed by atoms with Crippen LogP contribution in [-0.4, -0.2) is 54.5 Å². The van der Waals surface area contributed by atoms with Crippen LogP contribution in [0.5, 0.6) is 11.6 Å². The zero-order valence-electron chi connectivity index (χ0n) is 16.6. The van der Waals surface area contributed by atoms with E-state index >= 15 is 0 Å². The highest BCUT2D eigenvalue weighted by molar-refractivity contribution is 6.00. The zero-order valence-corrected chi connectivity index (χ0v) is 16.6. The fourth-order valence-electron chi connectivity index (χ4n) is 3.69. The van der Waals surface area contributed by atoms with Crippen molar-refractivity contribution in [2.45, 2.75) is 18.7 Å². The van der Waals surface area contributed by atoms with Gasteiger partial charge in [0.05, 0.1) is 26.1 Å². The van der Waals surface area contributed by atoms with E-state index < -0.39 is 29.6 Å². The fraction of sp³-hybridized carbons (Fsp3) is 0.381. The zero-order chi connectivity index (χ0) is 22.2. The van der Waals surface area contributed by atoms with Gasteiger partial charge in [-0.1, -0.05) is 0 Å². The molecule has 2 aliphatic rings. The van der Waals surface area contributed by atoms with E-state index in [4.69, 9.17) is 9.47 Å². The van der Waals surface area contributed by atoms with E-state index in [1.807, 2.05) is 0 Å². The van der Waals surface area contributed by atoms with Crippen molar-refractivity contribution in [3.05, 3.63) is 48.2 Å². The largest absolute Gasteiger partial charge is 0.497 e. The topological polar surface area (TPSA) is 72.0 Å². The van der Waals surface area contributed by atoms with Gasteiger partial charge in [0.15, 0.2) is 0 Å². The second-order valence-corrected chi connectivity index (χ2v) is 7.44. The van der Waals surface area contributed by atoms with Crippen molar-refractivity contribution in [3.8, 4) is 11.6 Å². The molecule has 2 aromatic rings. The Labute approximate surface area is 176 Å². The first-order valence-corrected chi connectivity index (χ1v) is 9.68. The lowest BCUT2D eigenvalue weighted by atomic mass is 10.0. The van der Waals surface area contributed by atoms with Gasteiger partial charge in [-0.15, -0.1) is 0 Å². The number of rotatable bonds is 5. The van der Waals surface area contributed by atoms with Crippen molar-refractivity contribution in [1.82, 2.24) is 9.88 Å². The highest BCUT2D eigenvalue weighted by Gasteiger charge is 2.42. The molecular weight excluding hydrogens is 415 g/mol. The molecule has 0 saturated carbocycles. The summed E-state index contributed by atoms with van der Waals surface area (Å²) in [6.45, 7) is 0.560. The number of hydrogen-bond donors (Lipinski definition) is 0. The lowest BCUT2D eigenvalue weighted by Gasteiger charge is -2.40. The van der Waals surface area contributed by atoms with Crippen LogP contribution >= 0.6 is 0 Å². The number of nitrogens with zero attached hydrogens (tertiary/aromatic N) is 3. The number of carbonyl (C=O) groups is 2. The average molecular weight is 435 g/mol. The number of anilines is 1. The number of pyridine rings is 1. The number of methoxy groups -OCH3 is 1. The monoisotopic (exact) mass is 435 g/mol. The molecule has 2 saturated heterocycles. The van der Waals surface area contributed by atoms with E-state index in [-0.39, 0.29) is 37.9 Å². The Morgan fingerprint density at radius 1 is 1.13 bits per heavy atom. The Morgan fingerprint density at radius 2 is 1.84 bits per heavy atom. The molecule has 0 bridgehead atoms. The second kappa shape index (κ2) is 8.09. The van der Waals surface area contributed by atoms with Crippen LogP contribution in [0, 0.1) is 5.92 Å². The number of benzene rings is 1. The first-order valence-electron chi connectivity index (χ1n) is 9.68. The Hall–Kier alpha value is -3.30. The first-order chi connectivity index (χ1) is 14.8. The van der Waals surface area contributed by atoms with Gasteiger partial charge in [-0.25, -0.2) is 4.98 Å². The molecule has 1 unspecified atom stereocenters. The molecule has 31 heavy (non-hydrogen) atoms. The van der Waals surface area contributed by atoms with E-state index in [2.05, 4.69) is 4.98 Å². The lowest BCUT2D eigenvalue weighted by molar-refractivity contribution is -0.147. The summed E-state index contributed by atoms with van der Waals surface area (Å²) in [4.78, 5) is 31.9. The summed E-state index contributed by atoms with van der Waals surface area (Å²) in [7, 11) is 1.55. The van der Waals surface area contributed by atoms with E-state index in [0.717, 1.165) is 6.07 Å². The predicted octanol–water partition coefficient (Wildman–Crippen LogP) is 2.75. The Kier molecular flexibility index (Phi) is 5.47. The molecule has 2 aliphatic heterocycles. The molecule has 10 heteroatoms. The van der Waals surface area contributed by atoms with Crippen molar-refractivity contribution in [1.29, 1.82) is 0 Å². The van der Waals surface area contributed by atoms with Gasteiger partial charge >= 0.3 is 6.18 Å². The number of likely N-dealkylation sites (tertiary alicyclic amines) is 1. The molecule has 3 heterocycles. The van der Waals surface area contributed by atoms with Gasteiger partial charge in [-0.2, -0.15) is 13.2 Å². The Balaban J connectivity index is 1.34. The molecule has 1 aromatic heterocycles. The van der Waals surface area contributed by atoms with E-state index in [0.29, 0.717) is 11.4 Å². The summed E-state index contributed by atoms with van der Waals surface area (Å²) < 4.78 is 49.7. The normalized spacial score (nSPS) is 19.4. The Bertz CT molecular complexity index is 975. The molecule has 7 nitrogen and oxygen atoms in total. The maximum atomic E-state index is 13.1. The van der Waals surface area contributed by atoms with Crippen LogP contribution in [0.2, 0.25) is 0 Å². The Morgan fingerprint density at radius 3 is 2.48 bits per heavy atom. The quantitative estimate of drug-likeness (QED) is 0.722. The molecule has 0 aliphatic carbocycles. The molecule has 4 rings (SSSR count). The molecule has 164 valence electrons. The van der Waals surface area contributed by atoms with Gasteiger partial charge in [0.2, 0.25) is 17.7 Å². The van der Waals surface area contributed by atoms with Crippen molar-refractivity contribution >= 4 is 17.5 Å². The molecule has 2 fully saturated rings. The van der Waals surface area contributed by atoms with Crippen molar-refractivity contribution in [2.24, 2.45) is 5.92 Å². The summed E-state index contributed by atoms with van der Waals surface area (Å²) >= 11 is 0. The van der Waals surface area contributed by atoms with E-state index in [1.165, 1.54) is 17.2 Å². The maximum Gasteiger partial charge on any atom is 0.421 e. The predicted molar refractivity (Wildman–Crippen MR) is 104 cm³/mol. The van der Waals surface area contributed by atoms with Gasteiger partial charge in [-0.3, -0.25) is 9.59 Å². The first kappa shape index (κ1) is 21.0. The van der Waals surface area contributed by atoms with Crippen LogP contribution in [0.1, 0.15) is 12.0 Å².